The molecule has 1 unspecified atom stereocenters. The lowest BCUT2D eigenvalue weighted by Crippen LogP contribution is -2.26. The van der Waals surface area contributed by atoms with E-state index >= 15 is 0 Å². The summed E-state index contributed by atoms with van der Waals surface area (Å²) in [6.45, 7) is 4.33. The van der Waals surface area contributed by atoms with E-state index in [4.69, 9.17) is 9.47 Å². The Morgan fingerprint density at radius 3 is 2.00 bits per heavy atom. The Morgan fingerprint density at radius 1 is 1.05 bits per heavy atom. The molecule has 0 radical (unpaired) electrons. The molecule has 0 saturated carbocycles. The quantitative estimate of drug-likeness (QED) is 0.736. The van der Waals surface area contributed by atoms with Crippen molar-refractivity contribution in [3.63, 3.8) is 0 Å². The van der Waals surface area contributed by atoms with E-state index in [0.717, 1.165) is 25.7 Å². The van der Waals surface area contributed by atoms with Gasteiger partial charge in [-0.2, -0.15) is 0 Å². The second-order valence-corrected chi connectivity index (χ2v) is 5.33. The summed E-state index contributed by atoms with van der Waals surface area (Å²) in [5.74, 6) is 1.17. The number of rotatable bonds is 9. The van der Waals surface area contributed by atoms with Gasteiger partial charge in [0.05, 0.1) is 14.2 Å². The van der Waals surface area contributed by atoms with Crippen molar-refractivity contribution in [3.05, 3.63) is 23.5 Å². The number of hydrogen-bond acceptors (Lipinski definition) is 3. The summed E-state index contributed by atoms with van der Waals surface area (Å²) >= 11 is 0. The predicted octanol–water partition coefficient (Wildman–Crippen LogP) is 4.32. The summed E-state index contributed by atoms with van der Waals surface area (Å²) in [7, 11) is 4.98. The van der Waals surface area contributed by atoms with Gasteiger partial charge in [0.25, 0.3) is 0 Å². The van der Waals surface area contributed by atoms with E-state index in [9.17, 15) is 4.39 Å². The van der Waals surface area contributed by atoms with Crippen molar-refractivity contribution >= 4 is 0 Å². The lowest BCUT2D eigenvalue weighted by Gasteiger charge is -2.28. The third-order valence-electron chi connectivity index (χ3n) is 3.94. The Kier molecular flexibility index (Phi) is 7.51. The van der Waals surface area contributed by atoms with Crippen LogP contribution >= 0.6 is 0 Å². The van der Waals surface area contributed by atoms with E-state index in [2.05, 4.69) is 19.2 Å². The van der Waals surface area contributed by atoms with E-state index in [0.29, 0.717) is 23.0 Å². The zero-order chi connectivity index (χ0) is 15.8. The number of hydrogen-bond donors (Lipinski definition) is 1. The van der Waals surface area contributed by atoms with Crippen LogP contribution in [0.25, 0.3) is 0 Å². The van der Waals surface area contributed by atoms with E-state index < -0.39 is 0 Å². The van der Waals surface area contributed by atoms with E-state index in [1.807, 2.05) is 7.05 Å². The molecule has 1 atom stereocenters. The monoisotopic (exact) mass is 297 g/mol. The highest BCUT2D eigenvalue weighted by Gasteiger charge is 2.25. The fourth-order valence-corrected chi connectivity index (χ4v) is 2.97. The van der Waals surface area contributed by atoms with Gasteiger partial charge in [-0.1, -0.05) is 26.7 Å². The van der Waals surface area contributed by atoms with Gasteiger partial charge in [0, 0.05) is 17.7 Å². The van der Waals surface area contributed by atoms with Gasteiger partial charge < -0.3 is 14.8 Å². The second kappa shape index (κ2) is 8.88. The fraction of sp³-hybridized carbons (Fsp3) is 0.647. The molecule has 1 aromatic rings. The largest absolute Gasteiger partial charge is 0.493 e. The van der Waals surface area contributed by atoms with Crippen molar-refractivity contribution in [2.75, 3.05) is 21.3 Å². The molecule has 0 heterocycles. The number of halogens is 1. The van der Waals surface area contributed by atoms with Crippen molar-refractivity contribution < 1.29 is 13.9 Å². The SMILES string of the molecule is CCCC(CCC)C(NC)c1cc(OC)c(OC)cc1F. The molecule has 4 heteroatoms. The van der Waals surface area contributed by atoms with E-state index in [1.54, 1.807) is 13.2 Å². The Morgan fingerprint density at radius 2 is 1.57 bits per heavy atom. The number of nitrogens with one attached hydrogen (secondary N) is 1. The van der Waals surface area contributed by atoms with Crippen LogP contribution in [0.1, 0.15) is 51.1 Å². The molecule has 0 spiro atoms. The van der Waals surface area contributed by atoms with Crippen LogP contribution in [0.4, 0.5) is 4.39 Å². The highest BCUT2D eigenvalue weighted by Crippen LogP contribution is 2.37. The molecule has 0 aromatic heterocycles. The molecule has 1 rings (SSSR count). The molecule has 1 N–H and O–H groups in total. The highest BCUT2D eigenvalue weighted by molar-refractivity contribution is 5.44. The minimum atomic E-state index is -0.246. The van der Waals surface area contributed by atoms with Crippen LogP contribution in [-0.4, -0.2) is 21.3 Å². The molecule has 21 heavy (non-hydrogen) atoms. The van der Waals surface area contributed by atoms with Crippen molar-refractivity contribution in [2.24, 2.45) is 5.92 Å². The molecular weight excluding hydrogens is 269 g/mol. The van der Waals surface area contributed by atoms with Crippen molar-refractivity contribution in [1.29, 1.82) is 0 Å². The maximum Gasteiger partial charge on any atom is 0.163 e. The summed E-state index contributed by atoms with van der Waals surface area (Å²) in [5.41, 5.74) is 0.655. The van der Waals surface area contributed by atoms with Gasteiger partial charge >= 0.3 is 0 Å². The molecular formula is C17H28FNO2. The molecule has 1 aromatic carbocycles. The number of benzene rings is 1. The lowest BCUT2D eigenvalue weighted by atomic mass is 9.86. The highest BCUT2D eigenvalue weighted by atomic mass is 19.1. The number of methoxy groups -OCH3 is 2. The van der Waals surface area contributed by atoms with Crippen LogP contribution in [0, 0.1) is 11.7 Å². The number of ether oxygens (including phenoxy) is 2. The van der Waals surface area contributed by atoms with Gasteiger partial charge in [-0.15, -0.1) is 0 Å². The first-order valence-corrected chi connectivity index (χ1v) is 7.71. The van der Waals surface area contributed by atoms with E-state index in [1.165, 1.54) is 13.2 Å². The first-order valence-electron chi connectivity index (χ1n) is 7.71. The molecule has 0 saturated heterocycles. The second-order valence-electron chi connectivity index (χ2n) is 5.33. The molecule has 0 aliphatic rings. The van der Waals surface area contributed by atoms with Crippen LogP contribution in [0.5, 0.6) is 11.5 Å². The zero-order valence-electron chi connectivity index (χ0n) is 13.8. The van der Waals surface area contributed by atoms with Crippen LogP contribution in [-0.2, 0) is 0 Å². The zero-order valence-corrected chi connectivity index (χ0v) is 13.8. The van der Waals surface area contributed by atoms with Crippen LogP contribution in [0.2, 0.25) is 0 Å². The first-order chi connectivity index (χ1) is 10.1. The summed E-state index contributed by atoms with van der Waals surface area (Å²) in [5, 5.41) is 3.28. The predicted molar refractivity (Wildman–Crippen MR) is 84.6 cm³/mol. The smallest absolute Gasteiger partial charge is 0.163 e. The normalized spacial score (nSPS) is 12.5. The minimum absolute atomic E-state index is 0.00953. The van der Waals surface area contributed by atoms with Crippen LogP contribution in [0.15, 0.2) is 12.1 Å². The third kappa shape index (κ3) is 4.34. The topological polar surface area (TPSA) is 30.5 Å². The average molecular weight is 297 g/mol. The molecule has 0 amide bonds. The summed E-state index contributed by atoms with van der Waals surface area (Å²) in [4.78, 5) is 0. The Bertz CT molecular complexity index is 431. The Hall–Kier alpha value is -1.29. The average Bonchev–Trinajstić information content (AvgIpc) is 2.49. The summed E-state index contributed by atoms with van der Waals surface area (Å²) < 4.78 is 24.9. The summed E-state index contributed by atoms with van der Waals surface area (Å²) in [6.07, 6.45) is 4.34. The minimum Gasteiger partial charge on any atom is -0.493 e. The van der Waals surface area contributed by atoms with Gasteiger partial charge in [0.1, 0.15) is 5.82 Å². The summed E-state index contributed by atoms with van der Waals surface area (Å²) in [6, 6.07) is 3.16. The van der Waals surface area contributed by atoms with E-state index in [-0.39, 0.29) is 11.9 Å². The first kappa shape index (κ1) is 17.8. The molecule has 0 aliphatic heterocycles. The molecule has 0 aliphatic carbocycles. The van der Waals surface area contributed by atoms with Crippen molar-refractivity contribution in [2.45, 2.75) is 45.6 Å². The van der Waals surface area contributed by atoms with Crippen LogP contribution in [0.3, 0.4) is 0 Å². The Balaban J connectivity index is 3.19. The Labute approximate surface area is 127 Å². The molecule has 120 valence electrons. The van der Waals surface area contributed by atoms with Gasteiger partial charge in [-0.25, -0.2) is 4.39 Å². The lowest BCUT2D eigenvalue weighted by molar-refractivity contribution is 0.317. The van der Waals surface area contributed by atoms with Crippen molar-refractivity contribution in [1.82, 2.24) is 5.32 Å². The standard InChI is InChI=1S/C17H28FNO2/c1-6-8-12(9-7-2)17(19-3)13-10-15(20-4)16(21-5)11-14(13)18/h10-12,17,19H,6-9H2,1-5H3. The molecule has 3 nitrogen and oxygen atoms in total. The van der Waals surface area contributed by atoms with Crippen LogP contribution < -0.4 is 14.8 Å². The third-order valence-corrected chi connectivity index (χ3v) is 3.94. The van der Waals surface area contributed by atoms with Gasteiger partial charge in [0.15, 0.2) is 11.5 Å². The van der Waals surface area contributed by atoms with Gasteiger partial charge in [-0.05, 0) is 31.9 Å². The maximum absolute atomic E-state index is 14.5. The van der Waals surface area contributed by atoms with Gasteiger partial charge in [0.2, 0.25) is 0 Å². The van der Waals surface area contributed by atoms with Gasteiger partial charge in [-0.3, -0.25) is 0 Å². The fourth-order valence-electron chi connectivity index (χ4n) is 2.97. The van der Waals surface area contributed by atoms with Crippen molar-refractivity contribution in [3.8, 4) is 11.5 Å². The molecule has 0 bridgehead atoms. The maximum atomic E-state index is 14.5. The molecule has 0 fully saturated rings.